The fraction of sp³-hybridized carbons (Fsp3) is 0.583. The van der Waals surface area contributed by atoms with E-state index in [1.165, 1.54) is 12.3 Å². The van der Waals surface area contributed by atoms with Gasteiger partial charge in [0.2, 0.25) is 5.95 Å². The van der Waals surface area contributed by atoms with Gasteiger partial charge >= 0.3 is 0 Å². The lowest BCUT2D eigenvalue weighted by molar-refractivity contribution is -0.154. The first-order chi connectivity index (χ1) is 8.20. The quantitative estimate of drug-likeness (QED) is 0.751. The molecule has 2 atom stereocenters. The van der Waals surface area contributed by atoms with E-state index in [1.807, 2.05) is 5.06 Å². The largest absolute Gasteiger partial charge is 0.383 e. The van der Waals surface area contributed by atoms with Crippen LogP contribution in [0.15, 0.2) is 18.3 Å². The molecule has 4 nitrogen and oxygen atoms in total. The second-order valence-corrected chi connectivity index (χ2v) is 4.30. The Morgan fingerprint density at radius 1 is 1.65 bits per heavy atom. The van der Waals surface area contributed by atoms with Crippen LogP contribution in [0.25, 0.3) is 0 Å². The average molecular weight is 240 g/mol. The lowest BCUT2D eigenvalue weighted by Crippen LogP contribution is -2.23. The SMILES string of the molecule is COCCN1CC(C)[C@H](c2ccnc(F)c2)O1. The van der Waals surface area contributed by atoms with Crippen LogP contribution >= 0.6 is 0 Å². The Hall–Kier alpha value is -1.04. The molecule has 2 heterocycles. The molecule has 0 bridgehead atoms. The van der Waals surface area contributed by atoms with Crippen molar-refractivity contribution in [3.05, 3.63) is 29.8 Å². The van der Waals surface area contributed by atoms with Crippen LogP contribution in [0.2, 0.25) is 0 Å². The number of halogens is 1. The molecule has 1 unspecified atom stereocenters. The topological polar surface area (TPSA) is 34.6 Å². The molecule has 1 aromatic heterocycles. The fourth-order valence-corrected chi connectivity index (χ4v) is 2.05. The van der Waals surface area contributed by atoms with Crippen molar-refractivity contribution in [2.24, 2.45) is 5.92 Å². The maximum Gasteiger partial charge on any atom is 0.213 e. The number of aromatic nitrogens is 1. The highest BCUT2D eigenvalue weighted by Crippen LogP contribution is 2.33. The summed E-state index contributed by atoms with van der Waals surface area (Å²) in [5, 5.41) is 1.87. The van der Waals surface area contributed by atoms with Crippen molar-refractivity contribution in [3.63, 3.8) is 0 Å². The van der Waals surface area contributed by atoms with Crippen LogP contribution < -0.4 is 0 Å². The summed E-state index contributed by atoms with van der Waals surface area (Å²) in [6.07, 6.45) is 1.38. The smallest absolute Gasteiger partial charge is 0.213 e. The van der Waals surface area contributed by atoms with Crippen LogP contribution in [-0.4, -0.2) is 36.9 Å². The van der Waals surface area contributed by atoms with Gasteiger partial charge in [-0.25, -0.2) is 4.98 Å². The first-order valence-electron chi connectivity index (χ1n) is 5.73. The molecule has 94 valence electrons. The van der Waals surface area contributed by atoms with Crippen molar-refractivity contribution >= 4 is 0 Å². The maximum atomic E-state index is 13.0. The van der Waals surface area contributed by atoms with Gasteiger partial charge in [0.1, 0.15) is 6.10 Å². The molecular weight excluding hydrogens is 223 g/mol. The molecule has 0 amide bonds. The van der Waals surface area contributed by atoms with Gasteiger partial charge < -0.3 is 4.74 Å². The number of ether oxygens (including phenoxy) is 1. The third kappa shape index (κ3) is 3.00. The Kier molecular flexibility index (Phi) is 4.04. The van der Waals surface area contributed by atoms with Gasteiger partial charge in [-0.3, -0.25) is 4.84 Å². The number of hydrogen-bond acceptors (Lipinski definition) is 4. The average Bonchev–Trinajstić information content (AvgIpc) is 2.68. The van der Waals surface area contributed by atoms with Gasteiger partial charge in [-0.05, 0) is 17.7 Å². The molecule has 0 saturated carbocycles. The highest BCUT2D eigenvalue weighted by molar-refractivity contribution is 5.15. The lowest BCUT2D eigenvalue weighted by Gasteiger charge is -2.16. The Morgan fingerprint density at radius 3 is 3.18 bits per heavy atom. The summed E-state index contributed by atoms with van der Waals surface area (Å²) in [6, 6.07) is 3.23. The molecule has 0 radical (unpaired) electrons. The summed E-state index contributed by atoms with van der Waals surface area (Å²) < 4.78 is 18.1. The maximum absolute atomic E-state index is 13.0. The zero-order chi connectivity index (χ0) is 12.3. The van der Waals surface area contributed by atoms with Crippen molar-refractivity contribution < 1.29 is 14.0 Å². The standard InChI is InChI=1S/C12H17FN2O2/c1-9-8-15(5-6-16-2)17-12(9)10-3-4-14-11(13)7-10/h3-4,7,9,12H,5-6,8H2,1-2H3/t9?,12-/m1/s1. The molecule has 2 rings (SSSR count). The zero-order valence-corrected chi connectivity index (χ0v) is 10.1. The summed E-state index contributed by atoms with van der Waals surface area (Å²) in [5.41, 5.74) is 0.838. The monoisotopic (exact) mass is 240 g/mol. The summed E-state index contributed by atoms with van der Waals surface area (Å²) in [7, 11) is 1.66. The Morgan fingerprint density at radius 2 is 2.47 bits per heavy atom. The minimum absolute atomic E-state index is 0.0932. The fourth-order valence-electron chi connectivity index (χ4n) is 2.05. The van der Waals surface area contributed by atoms with Crippen molar-refractivity contribution in [1.82, 2.24) is 10.0 Å². The van der Waals surface area contributed by atoms with Crippen LogP contribution in [0.1, 0.15) is 18.6 Å². The minimum atomic E-state index is -0.464. The summed E-state index contributed by atoms with van der Waals surface area (Å²) in [4.78, 5) is 9.32. The van der Waals surface area contributed by atoms with Crippen LogP contribution in [0, 0.1) is 11.9 Å². The van der Waals surface area contributed by atoms with E-state index in [-0.39, 0.29) is 6.10 Å². The van der Waals surface area contributed by atoms with E-state index in [4.69, 9.17) is 9.57 Å². The summed E-state index contributed by atoms with van der Waals surface area (Å²) in [5.74, 6) is -0.137. The summed E-state index contributed by atoms with van der Waals surface area (Å²) in [6.45, 7) is 4.28. The summed E-state index contributed by atoms with van der Waals surface area (Å²) >= 11 is 0. The van der Waals surface area contributed by atoms with Crippen molar-refractivity contribution in [3.8, 4) is 0 Å². The predicted octanol–water partition coefficient (Wildman–Crippen LogP) is 1.79. The van der Waals surface area contributed by atoms with Crippen LogP contribution in [0.5, 0.6) is 0 Å². The normalized spacial score (nSPS) is 25.4. The van der Waals surface area contributed by atoms with Crippen molar-refractivity contribution in [2.45, 2.75) is 13.0 Å². The molecule has 0 aromatic carbocycles. The number of nitrogens with zero attached hydrogens (tertiary/aromatic N) is 2. The first kappa shape index (κ1) is 12.4. The van der Waals surface area contributed by atoms with Gasteiger partial charge in [0.25, 0.3) is 0 Å². The molecule has 0 N–H and O–H groups in total. The van der Waals surface area contributed by atoms with E-state index >= 15 is 0 Å². The minimum Gasteiger partial charge on any atom is -0.383 e. The van der Waals surface area contributed by atoms with E-state index < -0.39 is 5.95 Å². The molecule has 1 fully saturated rings. The molecule has 1 aromatic rings. The molecular formula is C12H17FN2O2. The Bertz CT molecular complexity index is 375. The number of methoxy groups -OCH3 is 1. The van der Waals surface area contributed by atoms with Gasteiger partial charge in [0, 0.05) is 32.3 Å². The second-order valence-electron chi connectivity index (χ2n) is 4.30. The third-order valence-corrected chi connectivity index (χ3v) is 2.90. The number of pyridine rings is 1. The van der Waals surface area contributed by atoms with Crippen molar-refractivity contribution in [1.29, 1.82) is 0 Å². The van der Waals surface area contributed by atoms with Gasteiger partial charge in [0.15, 0.2) is 0 Å². The van der Waals surface area contributed by atoms with Gasteiger partial charge in [-0.1, -0.05) is 6.92 Å². The molecule has 1 aliphatic heterocycles. The van der Waals surface area contributed by atoms with Crippen LogP contribution in [0.4, 0.5) is 4.39 Å². The van der Waals surface area contributed by atoms with E-state index in [1.54, 1.807) is 13.2 Å². The van der Waals surface area contributed by atoms with Gasteiger partial charge in [-0.2, -0.15) is 9.45 Å². The van der Waals surface area contributed by atoms with E-state index in [0.29, 0.717) is 12.5 Å². The number of hydroxylamine groups is 2. The molecule has 0 spiro atoms. The predicted molar refractivity (Wildman–Crippen MR) is 60.6 cm³/mol. The molecule has 17 heavy (non-hydrogen) atoms. The van der Waals surface area contributed by atoms with E-state index in [9.17, 15) is 4.39 Å². The molecule has 0 aliphatic carbocycles. The Balaban J connectivity index is 2.02. The lowest BCUT2D eigenvalue weighted by atomic mass is 9.99. The van der Waals surface area contributed by atoms with Crippen molar-refractivity contribution in [2.75, 3.05) is 26.8 Å². The zero-order valence-electron chi connectivity index (χ0n) is 10.1. The highest BCUT2D eigenvalue weighted by atomic mass is 19.1. The van der Waals surface area contributed by atoms with Crippen LogP contribution in [0.3, 0.4) is 0 Å². The van der Waals surface area contributed by atoms with E-state index in [2.05, 4.69) is 11.9 Å². The molecule has 1 saturated heterocycles. The Labute approximate surface area is 100 Å². The van der Waals surface area contributed by atoms with Crippen LogP contribution in [-0.2, 0) is 9.57 Å². The van der Waals surface area contributed by atoms with Gasteiger partial charge in [-0.15, -0.1) is 0 Å². The first-order valence-corrected chi connectivity index (χ1v) is 5.73. The number of rotatable bonds is 4. The number of hydrogen-bond donors (Lipinski definition) is 0. The third-order valence-electron chi connectivity index (χ3n) is 2.90. The van der Waals surface area contributed by atoms with Gasteiger partial charge in [0.05, 0.1) is 6.61 Å². The molecule has 1 aliphatic rings. The van der Waals surface area contributed by atoms with E-state index in [0.717, 1.165) is 18.7 Å². The second kappa shape index (κ2) is 5.53. The molecule has 5 heteroatoms. The highest BCUT2D eigenvalue weighted by Gasteiger charge is 2.32.